The van der Waals surface area contributed by atoms with Gasteiger partial charge in [0.25, 0.3) is 0 Å². The smallest absolute Gasteiger partial charge is 0.247 e. The molecule has 2 aromatic rings. The summed E-state index contributed by atoms with van der Waals surface area (Å²) in [5.41, 5.74) is 2.81. The van der Waals surface area contributed by atoms with E-state index in [0.717, 1.165) is 10.6 Å². The number of halogens is 1. The van der Waals surface area contributed by atoms with Crippen LogP contribution in [0.25, 0.3) is 0 Å². The molecule has 3 atom stereocenters. The van der Waals surface area contributed by atoms with E-state index in [1.165, 1.54) is 17.3 Å². The minimum absolute atomic E-state index is 0.00777. The summed E-state index contributed by atoms with van der Waals surface area (Å²) in [6.07, 6.45) is 2.54. The maximum Gasteiger partial charge on any atom is 0.247 e. The van der Waals surface area contributed by atoms with E-state index in [9.17, 15) is 9.18 Å². The van der Waals surface area contributed by atoms with Crippen molar-refractivity contribution in [2.75, 3.05) is 20.1 Å². The molecule has 7 nitrogen and oxygen atoms in total. The molecule has 136 valence electrons. The molecular weight excluding hydrogens is 343 g/mol. The highest BCUT2D eigenvalue weighted by molar-refractivity contribution is 7.09. The van der Waals surface area contributed by atoms with Gasteiger partial charge < -0.3 is 4.90 Å². The van der Waals surface area contributed by atoms with Gasteiger partial charge in [0.1, 0.15) is 24.9 Å². The summed E-state index contributed by atoms with van der Waals surface area (Å²) in [5, 5.41) is 4.02. The number of likely N-dealkylation sites (N-methyl/N-ethyl adjacent to an activating group) is 1. The Morgan fingerprint density at radius 3 is 3.00 bits per heavy atom. The average Bonchev–Trinajstić information content (AvgIpc) is 3.30. The fraction of sp³-hybridized carbons (Fsp3) is 0.625. The van der Waals surface area contributed by atoms with Crippen LogP contribution in [0, 0.1) is 6.92 Å². The molecule has 0 N–H and O–H groups in total. The summed E-state index contributed by atoms with van der Waals surface area (Å²) in [4.78, 5) is 25.7. The number of nitrogens with zero attached hydrogens (tertiary/aromatic N) is 6. The van der Waals surface area contributed by atoms with Crippen LogP contribution in [-0.2, 0) is 11.3 Å². The van der Waals surface area contributed by atoms with E-state index in [1.807, 2.05) is 12.4 Å². The zero-order chi connectivity index (χ0) is 18.0. The maximum atomic E-state index is 14.0. The number of aromatic nitrogens is 4. The third-order valence-electron chi connectivity index (χ3n) is 4.72. The topological polar surface area (TPSA) is 67.2 Å². The predicted octanol–water partition coefficient (Wildman–Crippen LogP) is 1.68. The molecule has 1 amide bonds. The second-order valence-electron chi connectivity index (χ2n) is 6.55. The number of carbonyl (C=O) groups is 1. The minimum atomic E-state index is -0.852. The monoisotopic (exact) mass is 366 g/mol. The van der Waals surface area contributed by atoms with Crippen LogP contribution >= 0.6 is 11.3 Å². The SMILES string of the molecule is Cc1ncsc1CN1C[C@@H](F)C[C@H]1CN(C)C(=O)[C@@H](C)n1cncn1. The van der Waals surface area contributed by atoms with E-state index in [0.29, 0.717) is 26.1 Å². The molecule has 0 radical (unpaired) electrons. The fourth-order valence-electron chi connectivity index (χ4n) is 3.22. The lowest BCUT2D eigenvalue weighted by Gasteiger charge is -2.29. The number of likely N-dealkylation sites (tertiary alicyclic amines) is 1. The van der Waals surface area contributed by atoms with Crippen molar-refractivity contribution in [3.63, 3.8) is 0 Å². The highest BCUT2D eigenvalue weighted by atomic mass is 32.1. The number of aryl methyl sites for hydroxylation is 1. The molecule has 1 saturated heterocycles. The van der Waals surface area contributed by atoms with Gasteiger partial charge in [-0.25, -0.2) is 19.0 Å². The summed E-state index contributed by atoms with van der Waals surface area (Å²) in [5.74, 6) is -0.0540. The third kappa shape index (κ3) is 4.04. The molecule has 0 bridgehead atoms. The number of amides is 1. The molecule has 1 fully saturated rings. The Morgan fingerprint density at radius 2 is 2.36 bits per heavy atom. The molecule has 0 aliphatic carbocycles. The molecule has 0 aromatic carbocycles. The number of alkyl halides is 1. The van der Waals surface area contributed by atoms with Gasteiger partial charge in [-0.2, -0.15) is 5.10 Å². The van der Waals surface area contributed by atoms with Crippen molar-refractivity contribution in [1.82, 2.24) is 29.5 Å². The van der Waals surface area contributed by atoms with Crippen molar-refractivity contribution in [3.05, 3.63) is 28.7 Å². The lowest BCUT2D eigenvalue weighted by atomic mass is 10.2. The zero-order valence-electron chi connectivity index (χ0n) is 14.7. The van der Waals surface area contributed by atoms with Crippen LogP contribution in [0.15, 0.2) is 18.2 Å². The number of rotatable bonds is 6. The highest BCUT2D eigenvalue weighted by Crippen LogP contribution is 2.26. The quantitative estimate of drug-likeness (QED) is 0.778. The Morgan fingerprint density at radius 1 is 1.56 bits per heavy atom. The van der Waals surface area contributed by atoms with E-state index in [4.69, 9.17) is 0 Å². The maximum absolute atomic E-state index is 14.0. The molecule has 3 heterocycles. The number of carbonyl (C=O) groups excluding carboxylic acids is 1. The molecule has 0 unspecified atom stereocenters. The van der Waals surface area contributed by atoms with E-state index >= 15 is 0 Å². The first-order valence-electron chi connectivity index (χ1n) is 8.32. The summed E-state index contributed by atoms with van der Waals surface area (Å²) in [6, 6.07) is -0.416. The van der Waals surface area contributed by atoms with Gasteiger partial charge >= 0.3 is 0 Å². The van der Waals surface area contributed by atoms with Gasteiger partial charge in [0.05, 0.1) is 11.2 Å². The molecule has 3 rings (SSSR count). The Balaban J connectivity index is 1.63. The number of thiazole rings is 1. The zero-order valence-corrected chi connectivity index (χ0v) is 15.5. The van der Waals surface area contributed by atoms with Crippen LogP contribution in [0.3, 0.4) is 0 Å². The van der Waals surface area contributed by atoms with Crippen LogP contribution in [0.1, 0.15) is 30.0 Å². The first kappa shape index (κ1) is 17.9. The van der Waals surface area contributed by atoms with Gasteiger partial charge in [0, 0.05) is 37.6 Å². The van der Waals surface area contributed by atoms with Gasteiger partial charge in [-0.1, -0.05) is 0 Å². The Labute approximate surface area is 150 Å². The van der Waals surface area contributed by atoms with Gasteiger partial charge in [0.2, 0.25) is 5.91 Å². The minimum Gasteiger partial charge on any atom is -0.342 e. The van der Waals surface area contributed by atoms with Crippen molar-refractivity contribution in [3.8, 4) is 0 Å². The first-order chi connectivity index (χ1) is 12.0. The van der Waals surface area contributed by atoms with Crippen molar-refractivity contribution < 1.29 is 9.18 Å². The van der Waals surface area contributed by atoms with Gasteiger partial charge in [-0.15, -0.1) is 11.3 Å². The van der Waals surface area contributed by atoms with Crippen LogP contribution in [0.5, 0.6) is 0 Å². The standard InChI is InChI=1S/C16H23FN6OS/c1-11-15(25-10-19-11)7-22-5-13(17)4-14(22)6-21(3)16(24)12(2)23-9-18-8-20-23/h8-10,12-14H,4-7H2,1-3H3/t12-,13+,14+/m1/s1. The summed E-state index contributed by atoms with van der Waals surface area (Å²) < 4.78 is 15.5. The van der Waals surface area contributed by atoms with Crippen molar-refractivity contribution >= 4 is 17.2 Å². The predicted molar refractivity (Wildman–Crippen MR) is 92.9 cm³/mol. The summed E-state index contributed by atoms with van der Waals surface area (Å²) >= 11 is 1.59. The Hall–Kier alpha value is -1.87. The third-order valence-corrected chi connectivity index (χ3v) is 5.64. The first-order valence-corrected chi connectivity index (χ1v) is 9.19. The van der Waals surface area contributed by atoms with Gasteiger partial charge in [0.15, 0.2) is 0 Å². The molecule has 9 heteroatoms. The van der Waals surface area contributed by atoms with Crippen LogP contribution in [-0.4, -0.2) is 67.8 Å². The largest absolute Gasteiger partial charge is 0.342 e. The van der Waals surface area contributed by atoms with Crippen LogP contribution in [0.2, 0.25) is 0 Å². The Bertz CT molecular complexity index is 705. The van der Waals surface area contributed by atoms with Crippen molar-refractivity contribution in [2.24, 2.45) is 0 Å². The highest BCUT2D eigenvalue weighted by Gasteiger charge is 2.34. The molecule has 0 saturated carbocycles. The van der Waals surface area contributed by atoms with E-state index < -0.39 is 12.2 Å². The van der Waals surface area contributed by atoms with E-state index in [2.05, 4.69) is 20.0 Å². The lowest BCUT2D eigenvalue weighted by molar-refractivity contribution is -0.133. The number of hydrogen-bond acceptors (Lipinski definition) is 6. The molecule has 25 heavy (non-hydrogen) atoms. The number of hydrogen-bond donors (Lipinski definition) is 0. The van der Waals surface area contributed by atoms with E-state index in [-0.39, 0.29) is 11.9 Å². The van der Waals surface area contributed by atoms with Gasteiger partial charge in [-0.3, -0.25) is 9.69 Å². The van der Waals surface area contributed by atoms with Gasteiger partial charge in [-0.05, 0) is 20.3 Å². The molecular formula is C16H23FN6OS. The lowest BCUT2D eigenvalue weighted by Crippen LogP contribution is -2.43. The molecule has 1 aliphatic heterocycles. The average molecular weight is 366 g/mol. The normalized spacial score (nSPS) is 22.2. The molecule has 0 spiro atoms. The molecule has 1 aliphatic rings. The molecule has 2 aromatic heterocycles. The van der Waals surface area contributed by atoms with Crippen molar-refractivity contribution in [2.45, 2.75) is 45.1 Å². The van der Waals surface area contributed by atoms with Crippen LogP contribution in [0.4, 0.5) is 4.39 Å². The van der Waals surface area contributed by atoms with Crippen molar-refractivity contribution in [1.29, 1.82) is 0 Å². The second kappa shape index (κ2) is 7.57. The van der Waals surface area contributed by atoms with Crippen LogP contribution < -0.4 is 0 Å². The van der Waals surface area contributed by atoms with E-state index in [1.54, 1.807) is 30.2 Å². The fourth-order valence-corrected chi connectivity index (χ4v) is 4.03. The summed E-state index contributed by atoms with van der Waals surface area (Å²) in [7, 11) is 1.76. The summed E-state index contributed by atoms with van der Waals surface area (Å²) in [6.45, 7) is 5.35. The Kier molecular flexibility index (Phi) is 5.43. The second-order valence-corrected chi connectivity index (χ2v) is 7.49.